The average Bonchev–Trinajstić information content (AvgIpc) is 3.25. The van der Waals surface area contributed by atoms with E-state index in [0.29, 0.717) is 17.9 Å². The fourth-order valence-corrected chi connectivity index (χ4v) is 3.25. The van der Waals surface area contributed by atoms with Crippen molar-refractivity contribution in [2.75, 3.05) is 5.32 Å². The van der Waals surface area contributed by atoms with Crippen LogP contribution in [-0.4, -0.2) is 10.9 Å². The van der Waals surface area contributed by atoms with E-state index in [1.165, 1.54) is 6.07 Å². The Kier molecular flexibility index (Phi) is 3.35. The first kappa shape index (κ1) is 15.1. The topological polar surface area (TPSA) is 44.9 Å². The zero-order valence-corrected chi connectivity index (χ0v) is 13.3. The second-order valence-corrected chi connectivity index (χ2v) is 6.46. The second-order valence-electron chi connectivity index (χ2n) is 6.03. The molecule has 122 valence electrons. The predicted octanol–water partition coefficient (Wildman–Crippen LogP) is 4.77. The van der Waals surface area contributed by atoms with Crippen molar-refractivity contribution in [1.29, 1.82) is 0 Å². The Labute approximate surface area is 141 Å². The molecule has 0 aliphatic heterocycles. The van der Waals surface area contributed by atoms with Crippen molar-refractivity contribution < 1.29 is 13.6 Å². The molecular weight excluding hydrogens is 334 g/mol. The van der Waals surface area contributed by atoms with E-state index in [9.17, 15) is 13.6 Å². The van der Waals surface area contributed by atoms with Crippen molar-refractivity contribution in [3.63, 3.8) is 0 Å². The minimum absolute atomic E-state index is 0.410. The molecule has 1 saturated carbocycles. The third kappa shape index (κ3) is 2.27. The van der Waals surface area contributed by atoms with Gasteiger partial charge in [0.2, 0.25) is 5.91 Å². The third-order valence-corrected chi connectivity index (χ3v) is 4.78. The van der Waals surface area contributed by atoms with Gasteiger partial charge in [0.15, 0.2) is 0 Å². The number of nitrogens with one attached hydrogen (secondary N) is 2. The number of aromatic nitrogens is 1. The summed E-state index contributed by atoms with van der Waals surface area (Å²) in [5.41, 5.74) is 0.476. The molecule has 2 aromatic carbocycles. The van der Waals surface area contributed by atoms with Crippen LogP contribution >= 0.6 is 11.6 Å². The highest BCUT2D eigenvalue weighted by Gasteiger charge is 2.52. The molecule has 1 aliphatic rings. The maximum absolute atomic E-state index is 13.8. The Hall–Kier alpha value is -2.40. The van der Waals surface area contributed by atoms with Gasteiger partial charge in [-0.15, -0.1) is 0 Å². The molecular formula is C18H13ClF2N2O. The molecule has 0 radical (unpaired) electrons. The quantitative estimate of drug-likeness (QED) is 0.705. The van der Waals surface area contributed by atoms with E-state index in [1.54, 1.807) is 18.3 Å². The molecule has 1 heterocycles. The van der Waals surface area contributed by atoms with E-state index in [-0.39, 0.29) is 0 Å². The van der Waals surface area contributed by atoms with Gasteiger partial charge in [0.25, 0.3) is 0 Å². The summed E-state index contributed by atoms with van der Waals surface area (Å²) in [7, 11) is 0. The number of halogens is 3. The first-order valence-electron chi connectivity index (χ1n) is 7.54. The summed E-state index contributed by atoms with van der Waals surface area (Å²) in [6.45, 7) is 0. The maximum atomic E-state index is 13.8. The van der Waals surface area contributed by atoms with Crippen molar-refractivity contribution in [3.05, 3.63) is 64.8 Å². The SMILES string of the molecule is O=C(Nc1c(F)cccc1F)C1(c2c[nH]c3ccc(Cl)cc23)CC1. The standard InChI is InChI=1S/C18H13ClF2N2O/c19-10-4-5-15-11(8-10)12(9-22-15)18(6-7-18)17(24)23-16-13(20)2-1-3-14(16)21/h1-5,8-9,22H,6-7H2,(H,23,24). The molecule has 0 atom stereocenters. The Morgan fingerprint density at radius 1 is 1.17 bits per heavy atom. The van der Waals surface area contributed by atoms with Crippen molar-refractivity contribution in [2.45, 2.75) is 18.3 Å². The third-order valence-electron chi connectivity index (χ3n) is 4.55. The fraction of sp³-hybridized carbons (Fsp3) is 0.167. The number of H-pyrrole nitrogens is 1. The van der Waals surface area contributed by atoms with Gasteiger partial charge in [-0.3, -0.25) is 4.79 Å². The predicted molar refractivity (Wildman–Crippen MR) is 89.2 cm³/mol. The van der Waals surface area contributed by atoms with Gasteiger partial charge < -0.3 is 10.3 Å². The molecule has 1 aliphatic carbocycles. The number of hydrogen-bond donors (Lipinski definition) is 2. The fourth-order valence-electron chi connectivity index (χ4n) is 3.08. The molecule has 4 rings (SSSR count). The van der Waals surface area contributed by atoms with Crippen LogP contribution in [0.2, 0.25) is 5.02 Å². The van der Waals surface area contributed by atoms with Gasteiger partial charge >= 0.3 is 0 Å². The number of amides is 1. The van der Waals surface area contributed by atoms with Crippen LogP contribution in [-0.2, 0) is 10.2 Å². The summed E-state index contributed by atoms with van der Waals surface area (Å²) in [5, 5.41) is 3.83. The lowest BCUT2D eigenvalue weighted by Crippen LogP contribution is -2.28. The summed E-state index contributed by atoms with van der Waals surface area (Å²) < 4.78 is 27.6. The lowest BCUT2D eigenvalue weighted by atomic mass is 9.94. The minimum Gasteiger partial charge on any atom is -0.361 e. The van der Waals surface area contributed by atoms with Gasteiger partial charge in [-0.2, -0.15) is 0 Å². The molecule has 0 unspecified atom stereocenters. The van der Waals surface area contributed by atoms with E-state index >= 15 is 0 Å². The van der Waals surface area contributed by atoms with E-state index in [4.69, 9.17) is 11.6 Å². The van der Waals surface area contributed by atoms with E-state index in [1.807, 2.05) is 6.07 Å². The van der Waals surface area contributed by atoms with Crippen LogP contribution in [0.4, 0.5) is 14.5 Å². The first-order chi connectivity index (χ1) is 11.5. The molecule has 0 spiro atoms. The Bertz CT molecular complexity index is 943. The molecule has 0 saturated heterocycles. The molecule has 1 fully saturated rings. The number of benzene rings is 2. The number of carbonyl (C=O) groups is 1. The van der Waals surface area contributed by atoms with Crippen LogP contribution in [0, 0.1) is 11.6 Å². The van der Waals surface area contributed by atoms with Crippen molar-refractivity contribution in [2.24, 2.45) is 0 Å². The zero-order valence-electron chi connectivity index (χ0n) is 12.5. The summed E-state index contributed by atoms with van der Waals surface area (Å²) in [5.74, 6) is -1.99. The summed E-state index contributed by atoms with van der Waals surface area (Å²) in [4.78, 5) is 15.9. The molecule has 0 bridgehead atoms. The smallest absolute Gasteiger partial charge is 0.235 e. The highest BCUT2D eigenvalue weighted by Crippen LogP contribution is 2.51. The molecule has 1 aromatic heterocycles. The summed E-state index contributed by atoms with van der Waals surface area (Å²) in [6, 6.07) is 8.88. The lowest BCUT2D eigenvalue weighted by Gasteiger charge is -2.16. The van der Waals surface area contributed by atoms with E-state index < -0.39 is 28.6 Å². The lowest BCUT2D eigenvalue weighted by molar-refractivity contribution is -0.118. The summed E-state index contributed by atoms with van der Waals surface area (Å²) in [6.07, 6.45) is 3.01. The van der Waals surface area contributed by atoms with E-state index in [0.717, 1.165) is 28.6 Å². The number of fused-ring (bicyclic) bond motifs is 1. The molecule has 6 heteroatoms. The van der Waals surface area contributed by atoms with Gasteiger partial charge in [0.05, 0.1) is 5.41 Å². The number of para-hydroxylation sites is 1. The Morgan fingerprint density at radius 3 is 2.54 bits per heavy atom. The molecule has 3 nitrogen and oxygen atoms in total. The van der Waals surface area contributed by atoms with Crippen LogP contribution < -0.4 is 5.32 Å². The van der Waals surface area contributed by atoms with Crippen LogP contribution in [0.1, 0.15) is 18.4 Å². The van der Waals surface area contributed by atoms with Gasteiger partial charge in [0, 0.05) is 22.1 Å². The van der Waals surface area contributed by atoms with Gasteiger partial charge in [-0.05, 0) is 48.7 Å². The van der Waals surface area contributed by atoms with Crippen molar-refractivity contribution in [1.82, 2.24) is 4.98 Å². The summed E-state index contributed by atoms with van der Waals surface area (Å²) >= 11 is 6.06. The number of carbonyl (C=O) groups excluding carboxylic acids is 1. The highest BCUT2D eigenvalue weighted by atomic mass is 35.5. The monoisotopic (exact) mass is 346 g/mol. The number of anilines is 1. The van der Waals surface area contributed by atoms with Crippen LogP contribution in [0.5, 0.6) is 0 Å². The van der Waals surface area contributed by atoms with Crippen LogP contribution in [0.25, 0.3) is 10.9 Å². The number of aromatic amines is 1. The highest BCUT2D eigenvalue weighted by molar-refractivity contribution is 6.31. The number of rotatable bonds is 3. The normalized spacial score (nSPS) is 15.5. The first-order valence-corrected chi connectivity index (χ1v) is 7.92. The second kappa shape index (κ2) is 5.31. The minimum atomic E-state index is -0.791. The van der Waals surface area contributed by atoms with Crippen LogP contribution in [0.3, 0.4) is 0 Å². The van der Waals surface area contributed by atoms with E-state index in [2.05, 4.69) is 10.3 Å². The van der Waals surface area contributed by atoms with Crippen molar-refractivity contribution in [3.8, 4) is 0 Å². The zero-order chi connectivity index (χ0) is 16.9. The van der Waals surface area contributed by atoms with Gasteiger partial charge in [0.1, 0.15) is 17.3 Å². The van der Waals surface area contributed by atoms with Crippen LogP contribution in [0.15, 0.2) is 42.6 Å². The molecule has 1 amide bonds. The van der Waals surface area contributed by atoms with Crippen molar-refractivity contribution >= 4 is 34.1 Å². The Morgan fingerprint density at radius 2 is 1.88 bits per heavy atom. The number of hydrogen-bond acceptors (Lipinski definition) is 1. The van der Waals surface area contributed by atoms with Gasteiger partial charge in [-0.25, -0.2) is 8.78 Å². The molecule has 24 heavy (non-hydrogen) atoms. The average molecular weight is 347 g/mol. The largest absolute Gasteiger partial charge is 0.361 e. The molecule has 3 aromatic rings. The maximum Gasteiger partial charge on any atom is 0.235 e. The Balaban J connectivity index is 1.72. The van der Waals surface area contributed by atoms with Gasteiger partial charge in [-0.1, -0.05) is 17.7 Å². The molecule has 2 N–H and O–H groups in total.